The number of rotatable bonds is 1. The van der Waals surface area contributed by atoms with Gasteiger partial charge in [-0.15, -0.1) is 5.10 Å². The first-order valence-electron chi connectivity index (χ1n) is 2.53. The third kappa shape index (κ3) is 1.13. The number of hydrogen-bond acceptors (Lipinski definition) is 3. The molecule has 0 bridgehead atoms. The Kier molecular flexibility index (Phi) is 1.30. The molecule has 1 rings (SSSR count). The van der Waals surface area contributed by atoms with E-state index in [0.29, 0.717) is 6.42 Å². The summed E-state index contributed by atoms with van der Waals surface area (Å²) >= 11 is 0. The molecule has 4 nitrogen and oxygen atoms in total. The van der Waals surface area contributed by atoms with Gasteiger partial charge in [0.15, 0.2) is 5.71 Å². The summed E-state index contributed by atoms with van der Waals surface area (Å²) in [5, 5.41) is 15.3. The fourth-order valence-corrected chi connectivity index (χ4v) is 0.577. The molecule has 1 aliphatic rings. The second-order valence-electron chi connectivity index (χ2n) is 1.86. The van der Waals surface area contributed by atoms with Crippen LogP contribution in [0.25, 0.3) is 0 Å². The van der Waals surface area contributed by atoms with Gasteiger partial charge in [-0.25, -0.2) is 4.79 Å². The molecule has 0 radical (unpaired) electrons. The van der Waals surface area contributed by atoms with Crippen LogP contribution in [0.4, 0.5) is 0 Å². The second kappa shape index (κ2) is 1.97. The minimum atomic E-state index is -0.976. The van der Waals surface area contributed by atoms with E-state index in [9.17, 15) is 4.79 Å². The monoisotopic (exact) mass is 126 g/mol. The van der Waals surface area contributed by atoms with Gasteiger partial charge in [-0.2, -0.15) is 5.10 Å². The van der Waals surface area contributed by atoms with Gasteiger partial charge >= 0.3 is 5.97 Å². The van der Waals surface area contributed by atoms with Crippen molar-refractivity contribution in [2.75, 3.05) is 0 Å². The summed E-state index contributed by atoms with van der Waals surface area (Å²) < 4.78 is 0. The Morgan fingerprint density at radius 1 is 1.67 bits per heavy atom. The normalized spacial score (nSPS) is 17.0. The quantitative estimate of drug-likeness (QED) is 0.548. The van der Waals surface area contributed by atoms with E-state index >= 15 is 0 Å². The van der Waals surface area contributed by atoms with Crippen LogP contribution < -0.4 is 0 Å². The molecule has 0 fully saturated rings. The van der Waals surface area contributed by atoms with Gasteiger partial charge in [0.05, 0.1) is 0 Å². The van der Waals surface area contributed by atoms with Crippen LogP contribution in [-0.2, 0) is 4.79 Å². The number of carboxylic acids is 1. The Morgan fingerprint density at radius 3 is 2.56 bits per heavy atom. The highest BCUT2D eigenvalue weighted by atomic mass is 16.4. The van der Waals surface area contributed by atoms with E-state index in [1.165, 1.54) is 0 Å². The highest BCUT2D eigenvalue weighted by Crippen LogP contribution is 2.00. The predicted molar refractivity (Wildman–Crippen MR) is 32.8 cm³/mol. The fourth-order valence-electron chi connectivity index (χ4n) is 0.577. The number of nitrogens with zero attached hydrogens (tertiary/aromatic N) is 2. The summed E-state index contributed by atoms with van der Waals surface area (Å²) in [5.74, 6) is -0.976. The molecule has 4 heteroatoms. The molecule has 1 heterocycles. The lowest BCUT2D eigenvalue weighted by molar-refractivity contribution is -0.129. The lowest BCUT2D eigenvalue weighted by Gasteiger charge is -1.86. The largest absolute Gasteiger partial charge is 0.477 e. The standard InChI is InChI=1S/C5H6N2O2/c1-3-2-4(5(8)9)7-6-3/h2H2,1H3,(H,8,9). The fraction of sp³-hybridized carbons (Fsp3) is 0.400. The van der Waals surface area contributed by atoms with Gasteiger partial charge in [0, 0.05) is 12.1 Å². The number of carbonyl (C=O) groups is 1. The minimum Gasteiger partial charge on any atom is -0.477 e. The summed E-state index contributed by atoms with van der Waals surface area (Å²) in [4.78, 5) is 10.1. The topological polar surface area (TPSA) is 62.0 Å². The first kappa shape index (κ1) is 5.94. The third-order valence-electron chi connectivity index (χ3n) is 1.01. The van der Waals surface area contributed by atoms with E-state index in [1.807, 2.05) is 0 Å². The van der Waals surface area contributed by atoms with Crippen LogP contribution in [0.15, 0.2) is 10.2 Å². The van der Waals surface area contributed by atoms with Crippen LogP contribution in [0.5, 0.6) is 0 Å². The van der Waals surface area contributed by atoms with Crippen molar-refractivity contribution < 1.29 is 9.90 Å². The zero-order chi connectivity index (χ0) is 6.85. The molecule has 9 heavy (non-hydrogen) atoms. The zero-order valence-electron chi connectivity index (χ0n) is 4.96. The first-order valence-corrected chi connectivity index (χ1v) is 2.53. The van der Waals surface area contributed by atoms with Crippen molar-refractivity contribution in [3.63, 3.8) is 0 Å². The molecule has 0 unspecified atom stereocenters. The molecule has 0 aromatic heterocycles. The van der Waals surface area contributed by atoms with E-state index in [1.54, 1.807) is 6.92 Å². The average Bonchev–Trinajstić information content (AvgIpc) is 2.14. The SMILES string of the molecule is CC1=NN=C(C(=O)O)C1. The van der Waals surface area contributed by atoms with E-state index < -0.39 is 5.97 Å². The van der Waals surface area contributed by atoms with Gasteiger partial charge in [0.25, 0.3) is 0 Å². The molecule has 1 N–H and O–H groups in total. The van der Waals surface area contributed by atoms with Crippen LogP contribution in [0, 0.1) is 0 Å². The molecular formula is C5H6N2O2. The average molecular weight is 126 g/mol. The number of carboxylic acid groups (broad SMARTS) is 1. The summed E-state index contributed by atoms with van der Waals surface area (Å²) in [6, 6.07) is 0. The van der Waals surface area contributed by atoms with Gasteiger partial charge in [-0.05, 0) is 6.92 Å². The number of hydrogen-bond donors (Lipinski definition) is 1. The van der Waals surface area contributed by atoms with Crippen LogP contribution in [0.2, 0.25) is 0 Å². The van der Waals surface area contributed by atoms with Gasteiger partial charge in [-0.3, -0.25) is 0 Å². The van der Waals surface area contributed by atoms with E-state index in [2.05, 4.69) is 10.2 Å². The van der Waals surface area contributed by atoms with Crippen molar-refractivity contribution in [1.82, 2.24) is 0 Å². The van der Waals surface area contributed by atoms with Gasteiger partial charge in [0.2, 0.25) is 0 Å². The first-order chi connectivity index (χ1) is 4.20. The molecule has 48 valence electrons. The van der Waals surface area contributed by atoms with Gasteiger partial charge < -0.3 is 5.11 Å². The molecule has 0 saturated carbocycles. The third-order valence-corrected chi connectivity index (χ3v) is 1.01. The molecule has 0 aromatic rings. The highest BCUT2D eigenvalue weighted by molar-refractivity contribution is 6.40. The summed E-state index contributed by atoms with van der Waals surface area (Å²) in [7, 11) is 0. The lowest BCUT2D eigenvalue weighted by atomic mass is 10.2. The molecular weight excluding hydrogens is 120 g/mol. The second-order valence-corrected chi connectivity index (χ2v) is 1.86. The molecule has 1 aliphatic heterocycles. The predicted octanol–water partition coefficient (Wildman–Crippen LogP) is 0.292. The van der Waals surface area contributed by atoms with Crippen LogP contribution >= 0.6 is 0 Å². The lowest BCUT2D eigenvalue weighted by Crippen LogP contribution is -2.11. The van der Waals surface area contributed by atoms with Crippen molar-refractivity contribution in [2.45, 2.75) is 13.3 Å². The molecule has 0 atom stereocenters. The minimum absolute atomic E-state index is 0.132. The zero-order valence-corrected chi connectivity index (χ0v) is 4.96. The maximum atomic E-state index is 10.1. The molecule has 0 amide bonds. The highest BCUT2D eigenvalue weighted by Gasteiger charge is 2.14. The summed E-state index contributed by atoms with van der Waals surface area (Å²) in [5.41, 5.74) is 0.889. The van der Waals surface area contributed by atoms with Crippen molar-refractivity contribution >= 4 is 17.4 Å². The molecule has 0 aliphatic carbocycles. The van der Waals surface area contributed by atoms with Crippen molar-refractivity contribution in [3.8, 4) is 0 Å². The van der Waals surface area contributed by atoms with Crippen LogP contribution in [0.1, 0.15) is 13.3 Å². The van der Waals surface area contributed by atoms with Crippen LogP contribution in [-0.4, -0.2) is 22.5 Å². The van der Waals surface area contributed by atoms with Crippen molar-refractivity contribution in [2.24, 2.45) is 10.2 Å². The number of aliphatic carboxylic acids is 1. The smallest absolute Gasteiger partial charge is 0.352 e. The molecule has 0 spiro atoms. The molecule has 0 aromatic carbocycles. The Hall–Kier alpha value is -1.19. The van der Waals surface area contributed by atoms with Gasteiger partial charge in [0.1, 0.15) is 0 Å². The Labute approximate surface area is 51.9 Å². The Balaban J connectivity index is 2.64. The van der Waals surface area contributed by atoms with Crippen LogP contribution in [0.3, 0.4) is 0 Å². The van der Waals surface area contributed by atoms with Crippen molar-refractivity contribution in [1.29, 1.82) is 0 Å². The van der Waals surface area contributed by atoms with E-state index in [-0.39, 0.29) is 5.71 Å². The maximum Gasteiger partial charge on any atom is 0.352 e. The van der Waals surface area contributed by atoms with E-state index in [0.717, 1.165) is 5.71 Å². The van der Waals surface area contributed by atoms with Gasteiger partial charge in [-0.1, -0.05) is 0 Å². The summed E-state index contributed by atoms with van der Waals surface area (Å²) in [6.07, 6.45) is 0.384. The Morgan fingerprint density at radius 2 is 2.33 bits per heavy atom. The Bertz CT molecular complexity index is 205. The molecule has 0 saturated heterocycles. The van der Waals surface area contributed by atoms with Crippen molar-refractivity contribution in [3.05, 3.63) is 0 Å². The van der Waals surface area contributed by atoms with E-state index in [4.69, 9.17) is 5.11 Å². The maximum absolute atomic E-state index is 10.1. The summed E-state index contributed by atoms with van der Waals surface area (Å²) in [6.45, 7) is 1.75.